The summed E-state index contributed by atoms with van der Waals surface area (Å²) in [5, 5.41) is 13.1. The lowest BCUT2D eigenvalue weighted by Gasteiger charge is -2.46. The van der Waals surface area contributed by atoms with Crippen LogP contribution < -0.4 is 10.2 Å². The third-order valence-electron chi connectivity index (χ3n) is 6.10. The predicted octanol–water partition coefficient (Wildman–Crippen LogP) is 4.41. The van der Waals surface area contributed by atoms with E-state index >= 15 is 0 Å². The van der Waals surface area contributed by atoms with Gasteiger partial charge in [0, 0.05) is 17.7 Å². The van der Waals surface area contributed by atoms with Crippen molar-refractivity contribution >= 4 is 17.4 Å². The lowest BCUT2D eigenvalue weighted by Crippen LogP contribution is -2.48. The van der Waals surface area contributed by atoms with Crippen LogP contribution in [0.3, 0.4) is 0 Å². The second-order valence-electron chi connectivity index (χ2n) is 8.83. The Morgan fingerprint density at radius 1 is 1.03 bits per heavy atom. The molecular formula is C25H21N3O2. The monoisotopic (exact) mass is 395 g/mol. The number of nitrogens with zero attached hydrogens (tertiary/aromatic N) is 2. The molecule has 1 amide bonds. The zero-order chi connectivity index (χ0) is 21.0. The van der Waals surface area contributed by atoms with Crippen LogP contribution in [0.1, 0.15) is 48.5 Å². The summed E-state index contributed by atoms with van der Waals surface area (Å²) in [6.07, 6.45) is 1.12. The normalized spacial score (nSPS) is 22.0. The molecule has 2 heterocycles. The van der Waals surface area contributed by atoms with Crippen LogP contribution in [0.2, 0.25) is 0 Å². The molecule has 1 unspecified atom stereocenters. The van der Waals surface area contributed by atoms with Crippen LogP contribution >= 0.6 is 0 Å². The smallest absolute Gasteiger partial charge is 0.258 e. The van der Waals surface area contributed by atoms with E-state index < -0.39 is 5.92 Å². The van der Waals surface area contributed by atoms with Gasteiger partial charge in [-0.2, -0.15) is 5.26 Å². The van der Waals surface area contributed by atoms with Gasteiger partial charge in [-0.25, -0.2) is 0 Å². The number of benzene rings is 2. The van der Waals surface area contributed by atoms with Gasteiger partial charge in [0.05, 0.1) is 28.8 Å². The first-order valence-electron chi connectivity index (χ1n) is 10.1. The molecule has 1 aliphatic carbocycles. The van der Waals surface area contributed by atoms with Gasteiger partial charge in [0.15, 0.2) is 5.78 Å². The second kappa shape index (κ2) is 6.43. The summed E-state index contributed by atoms with van der Waals surface area (Å²) >= 11 is 0. The molecule has 5 heteroatoms. The number of ketones is 1. The third kappa shape index (κ3) is 2.61. The molecule has 0 radical (unpaired) electrons. The third-order valence-corrected chi connectivity index (χ3v) is 6.10. The predicted molar refractivity (Wildman–Crippen MR) is 113 cm³/mol. The Kier molecular flexibility index (Phi) is 3.94. The number of rotatable bonds is 1. The summed E-state index contributed by atoms with van der Waals surface area (Å²) in [5.41, 5.74) is 3.89. The van der Waals surface area contributed by atoms with Crippen molar-refractivity contribution in [3.05, 3.63) is 88.4 Å². The Morgan fingerprint density at radius 2 is 1.73 bits per heavy atom. The largest absolute Gasteiger partial charge is 0.307 e. The minimum Gasteiger partial charge on any atom is -0.307 e. The molecule has 5 nitrogen and oxygen atoms in total. The zero-order valence-corrected chi connectivity index (χ0v) is 16.9. The summed E-state index contributed by atoms with van der Waals surface area (Å²) in [6.45, 7) is 4.17. The Balaban J connectivity index is 1.84. The first kappa shape index (κ1) is 18.4. The van der Waals surface area contributed by atoms with Crippen molar-refractivity contribution in [1.29, 1.82) is 5.26 Å². The topological polar surface area (TPSA) is 73.2 Å². The molecule has 1 atom stereocenters. The zero-order valence-electron chi connectivity index (χ0n) is 16.9. The van der Waals surface area contributed by atoms with Crippen LogP contribution in [0.15, 0.2) is 77.3 Å². The number of anilines is 1. The Bertz CT molecular complexity index is 1200. The van der Waals surface area contributed by atoms with Gasteiger partial charge in [0.1, 0.15) is 5.82 Å². The van der Waals surface area contributed by atoms with Gasteiger partial charge >= 0.3 is 0 Å². The fourth-order valence-corrected chi connectivity index (χ4v) is 4.89. The molecule has 0 saturated carbocycles. The van der Waals surface area contributed by atoms with Crippen molar-refractivity contribution in [3.8, 4) is 6.07 Å². The van der Waals surface area contributed by atoms with Crippen molar-refractivity contribution in [2.75, 3.05) is 4.90 Å². The molecule has 3 aliphatic rings. The maximum Gasteiger partial charge on any atom is 0.258 e. The molecule has 1 N–H and O–H groups in total. The van der Waals surface area contributed by atoms with Crippen LogP contribution in [0.25, 0.3) is 0 Å². The molecule has 30 heavy (non-hydrogen) atoms. The number of fused-ring (bicyclic) bond motifs is 4. The summed E-state index contributed by atoms with van der Waals surface area (Å²) in [5.74, 6) is -0.177. The highest BCUT2D eigenvalue weighted by Gasteiger charge is 2.47. The lowest BCUT2D eigenvalue weighted by atomic mass is 9.68. The SMILES string of the molecule is CC1(C)CC(=O)C2=C(C1)N1C(=C(C#N)C2c2ccccc2)NC(=O)c2ccccc21. The van der Waals surface area contributed by atoms with Crippen molar-refractivity contribution < 1.29 is 9.59 Å². The number of nitriles is 1. The van der Waals surface area contributed by atoms with Gasteiger partial charge in [-0.05, 0) is 29.5 Å². The first-order valence-corrected chi connectivity index (χ1v) is 10.1. The number of amides is 1. The number of hydrogen-bond acceptors (Lipinski definition) is 4. The lowest BCUT2D eigenvalue weighted by molar-refractivity contribution is -0.118. The van der Waals surface area contributed by atoms with E-state index in [1.165, 1.54) is 0 Å². The van der Waals surface area contributed by atoms with Gasteiger partial charge in [0.2, 0.25) is 0 Å². The minimum atomic E-state index is -0.480. The Hall–Kier alpha value is -3.65. The summed E-state index contributed by atoms with van der Waals surface area (Å²) in [4.78, 5) is 28.2. The fourth-order valence-electron chi connectivity index (χ4n) is 4.89. The molecule has 0 fully saturated rings. The first-order chi connectivity index (χ1) is 14.4. The molecule has 0 aromatic heterocycles. The van der Waals surface area contributed by atoms with Crippen molar-refractivity contribution in [2.45, 2.75) is 32.6 Å². The van der Waals surface area contributed by atoms with E-state index in [-0.39, 0.29) is 17.1 Å². The molecule has 0 saturated heterocycles. The van der Waals surface area contributed by atoms with Gasteiger partial charge in [-0.3, -0.25) is 14.5 Å². The van der Waals surface area contributed by atoms with Crippen LogP contribution in [0.5, 0.6) is 0 Å². The molecule has 0 spiro atoms. The number of Topliss-reactive ketones (excluding diaryl/α,β-unsaturated/α-hetero) is 1. The number of hydrogen-bond donors (Lipinski definition) is 1. The minimum absolute atomic E-state index is 0.0660. The quantitative estimate of drug-likeness (QED) is 0.776. The van der Waals surface area contributed by atoms with E-state index in [1.54, 1.807) is 6.07 Å². The van der Waals surface area contributed by atoms with Gasteiger partial charge in [-0.15, -0.1) is 0 Å². The van der Waals surface area contributed by atoms with Crippen LogP contribution in [0, 0.1) is 16.7 Å². The van der Waals surface area contributed by atoms with E-state index in [1.807, 2.05) is 53.4 Å². The highest BCUT2D eigenvalue weighted by Crippen LogP contribution is 2.51. The average molecular weight is 395 g/mol. The maximum atomic E-state index is 13.4. The second-order valence-corrected chi connectivity index (χ2v) is 8.83. The van der Waals surface area contributed by atoms with Crippen molar-refractivity contribution in [3.63, 3.8) is 0 Å². The molecule has 2 aromatic rings. The number of carbonyl (C=O) groups excluding carboxylic acids is 2. The summed E-state index contributed by atoms with van der Waals surface area (Å²) in [6, 6.07) is 19.3. The van der Waals surface area contributed by atoms with Gasteiger partial charge in [0.25, 0.3) is 5.91 Å². The van der Waals surface area contributed by atoms with Gasteiger partial charge in [-0.1, -0.05) is 56.3 Å². The Labute approximate surface area is 175 Å². The fraction of sp³-hybridized carbons (Fsp3) is 0.240. The van der Waals surface area contributed by atoms with Crippen molar-refractivity contribution in [2.24, 2.45) is 5.41 Å². The number of carbonyl (C=O) groups is 2. The molecular weight excluding hydrogens is 374 g/mol. The molecule has 5 rings (SSSR count). The van der Waals surface area contributed by atoms with Gasteiger partial charge < -0.3 is 5.32 Å². The van der Waals surface area contributed by atoms with Crippen LogP contribution in [0.4, 0.5) is 5.69 Å². The highest BCUT2D eigenvalue weighted by atomic mass is 16.2. The van der Waals surface area contributed by atoms with Crippen LogP contribution in [-0.2, 0) is 4.79 Å². The van der Waals surface area contributed by atoms with E-state index in [0.717, 1.165) is 11.3 Å². The standard InChI is InChI=1S/C25H21N3O2/c1-25(2)12-19-22(20(29)13-25)21(15-8-4-3-5-9-15)17(14-26)23-27-24(30)16-10-6-7-11-18(16)28(19)23/h3-11,21H,12-13H2,1-2H3,(H,27,30). The van der Waals surface area contributed by atoms with E-state index in [2.05, 4.69) is 25.2 Å². The number of nitrogens with one attached hydrogen (secondary N) is 1. The summed E-state index contributed by atoms with van der Waals surface area (Å²) < 4.78 is 0. The van der Waals surface area contributed by atoms with E-state index in [0.29, 0.717) is 41.1 Å². The molecule has 148 valence electrons. The number of para-hydroxylation sites is 1. The van der Waals surface area contributed by atoms with E-state index in [9.17, 15) is 14.9 Å². The highest BCUT2D eigenvalue weighted by molar-refractivity contribution is 6.07. The molecule has 0 bridgehead atoms. The summed E-state index contributed by atoms with van der Waals surface area (Å²) in [7, 11) is 0. The molecule has 2 aliphatic heterocycles. The van der Waals surface area contributed by atoms with E-state index in [4.69, 9.17) is 0 Å². The van der Waals surface area contributed by atoms with Crippen molar-refractivity contribution in [1.82, 2.24) is 5.32 Å². The van der Waals surface area contributed by atoms with Crippen LogP contribution in [-0.4, -0.2) is 11.7 Å². The number of allylic oxidation sites excluding steroid dienone is 3. The average Bonchev–Trinajstić information content (AvgIpc) is 2.72. The Morgan fingerprint density at radius 3 is 2.47 bits per heavy atom. The molecule has 2 aromatic carbocycles. The maximum absolute atomic E-state index is 13.4.